The zero-order chi connectivity index (χ0) is 17.2. The van der Waals surface area contributed by atoms with Crippen molar-refractivity contribution >= 4 is 33.6 Å². The number of carbonyl (C=O) groups excluding carboxylic acids is 1. The summed E-state index contributed by atoms with van der Waals surface area (Å²) >= 11 is 4.59. The monoisotopic (exact) mass is 406 g/mol. The van der Waals surface area contributed by atoms with Crippen molar-refractivity contribution in [3.05, 3.63) is 28.7 Å². The number of halogens is 1. The highest BCUT2D eigenvalue weighted by Gasteiger charge is 2.42. The van der Waals surface area contributed by atoms with Crippen LogP contribution in [0.2, 0.25) is 0 Å². The molecule has 8 heteroatoms. The minimum Gasteiger partial charge on any atom is -0.411 e. The van der Waals surface area contributed by atoms with Crippen LogP contribution in [0.1, 0.15) is 19.8 Å². The third kappa shape index (κ3) is 3.79. The highest BCUT2D eigenvalue weighted by molar-refractivity contribution is 9.10. The lowest BCUT2D eigenvalue weighted by atomic mass is 9.98. The van der Waals surface area contributed by atoms with Crippen molar-refractivity contribution in [2.75, 3.05) is 5.75 Å². The van der Waals surface area contributed by atoms with Gasteiger partial charge >= 0.3 is 0 Å². The van der Waals surface area contributed by atoms with Gasteiger partial charge in [0.05, 0.1) is 17.4 Å². The Bertz CT molecular complexity index is 799. The molecule has 1 N–H and O–H groups in total. The Balaban J connectivity index is 1.59. The van der Waals surface area contributed by atoms with Gasteiger partial charge in [0, 0.05) is 4.47 Å². The molecule has 1 aromatic carbocycles. The predicted molar refractivity (Wildman–Crippen MR) is 93.0 cm³/mol. The topological polar surface area (TPSA) is 91.8 Å². The predicted octanol–water partition coefficient (Wildman–Crippen LogP) is 3.40. The van der Waals surface area contributed by atoms with Gasteiger partial charge in [-0.15, -0.1) is 10.2 Å². The molecule has 6 nitrogen and oxygen atoms in total. The highest BCUT2D eigenvalue weighted by Crippen LogP contribution is 2.39. The number of hydrogen-bond donors (Lipinski definition) is 1. The molecule has 1 heterocycles. The second-order valence-corrected chi connectivity index (χ2v) is 7.56. The van der Waals surface area contributed by atoms with E-state index in [9.17, 15) is 10.1 Å². The first kappa shape index (κ1) is 17.0. The fourth-order valence-electron chi connectivity index (χ4n) is 2.35. The molecule has 1 aromatic heterocycles. The fourth-order valence-corrected chi connectivity index (χ4v) is 3.36. The molecule has 1 amide bonds. The van der Waals surface area contributed by atoms with Crippen LogP contribution in [0.4, 0.5) is 0 Å². The lowest BCUT2D eigenvalue weighted by Gasteiger charge is -2.22. The van der Waals surface area contributed by atoms with Crippen LogP contribution in [0.5, 0.6) is 0 Å². The van der Waals surface area contributed by atoms with Crippen molar-refractivity contribution in [1.29, 1.82) is 5.26 Å². The number of amides is 1. The van der Waals surface area contributed by atoms with Crippen LogP contribution in [-0.2, 0) is 4.79 Å². The summed E-state index contributed by atoms with van der Waals surface area (Å²) in [7, 11) is 0. The van der Waals surface area contributed by atoms with E-state index in [4.69, 9.17) is 4.42 Å². The van der Waals surface area contributed by atoms with Crippen molar-refractivity contribution in [2.24, 2.45) is 5.92 Å². The average molecular weight is 407 g/mol. The molecule has 0 saturated heterocycles. The van der Waals surface area contributed by atoms with E-state index in [1.165, 1.54) is 0 Å². The van der Waals surface area contributed by atoms with Gasteiger partial charge in [0.2, 0.25) is 11.8 Å². The summed E-state index contributed by atoms with van der Waals surface area (Å²) in [5, 5.41) is 20.3. The highest BCUT2D eigenvalue weighted by atomic mass is 79.9. The number of thioether (sulfide) groups is 1. The van der Waals surface area contributed by atoms with Crippen LogP contribution in [0.25, 0.3) is 11.5 Å². The summed E-state index contributed by atoms with van der Waals surface area (Å²) in [5.41, 5.74) is 0.0131. The molecule has 0 bridgehead atoms. The molecule has 1 aliphatic carbocycles. The molecule has 0 aliphatic heterocycles. The van der Waals surface area contributed by atoms with E-state index < -0.39 is 5.54 Å². The number of nitrogens with zero attached hydrogens (tertiary/aromatic N) is 3. The first-order chi connectivity index (χ1) is 11.5. The van der Waals surface area contributed by atoms with E-state index >= 15 is 0 Å². The molecule has 1 atom stereocenters. The summed E-state index contributed by atoms with van der Waals surface area (Å²) in [4.78, 5) is 12.1. The Labute approximate surface area is 152 Å². The first-order valence-corrected chi connectivity index (χ1v) is 9.23. The van der Waals surface area contributed by atoms with Crippen molar-refractivity contribution in [3.8, 4) is 17.5 Å². The molecule has 0 radical (unpaired) electrons. The number of carbonyl (C=O) groups is 1. The maximum absolute atomic E-state index is 12.1. The number of nitriles is 1. The molecule has 1 saturated carbocycles. The van der Waals surface area contributed by atoms with Crippen molar-refractivity contribution in [1.82, 2.24) is 15.5 Å². The lowest BCUT2D eigenvalue weighted by Crippen LogP contribution is -2.47. The number of benzene rings is 1. The Hall–Kier alpha value is -1.85. The van der Waals surface area contributed by atoms with Gasteiger partial charge in [0.25, 0.3) is 5.22 Å². The zero-order valence-electron chi connectivity index (χ0n) is 13.0. The van der Waals surface area contributed by atoms with E-state index in [1.54, 1.807) is 6.92 Å². The molecule has 3 rings (SSSR count). The van der Waals surface area contributed by atoms with Crippen molar-refractivity contribution < 1.29 is 9.21 Å². The smallest absolute Gasteiger partial charge is 0.277 e. The standard InChI is InChI=1S/C16H15BrN4O2S/c1-16(9-18,10-6-7-10)19-13(22)8-24-15-21-20-14(23-15)11-4-2-3-5-12(11)17/h2-5,10H,6-8H2,1H3,(H,19,22)/t16-/m1/s1. The maximum Gasteiger partial charge on any atom is 0.277 e. The number of hydrogen-bond acceptors (Lipinski definition) is 6. The van der Waals surface area contributed by atoms with E-state index in [-0.39, 0.29) is 17.6 Å². The normalized spacial score (nSPS) is 16.2. The minimum atomic E-state index is -0.785. The largest absolute Gasteiger partial charge is 0.411 e. The van der Waals surface area contributed by atoms with Crippen molar-refractivity contribution in [2.45, 2.75) is 30.5 Å². The zero-order valence-corrected chi connectivity index (χ0v) is 15.4. The van der Waals surface area contributed by atoms with Crippen LogP contribution < -0.4 is 5.32 Å². The summed E-state index contributed by atoms with van der Waals surface area (Å²) in [6.45, 7) is 1.77. The van der Waals surface area contributed by atoms with E-state index in [0.717, 1.165) is 34.6 Å². The fraction of sp³-hybridized carbons (Fsp3) is 0.375. The Kier molecular flexibility index (Phi) is 4.92. The van der Waals surface area contributed by atoms with Gasteiger partial charge in [-0.1, -0.05) is 23.9 Å². The molecule has 124 valence electrons. The molecular formula is C16H15BrN4O2S. The van der Waals surface area contributed by atoms with Crippen LogP contribution in [-0.4, -0.2) is 27.4 Å². The number of aromatic nitrogens is 2. The van der Waals surface area contributed by atoms with E-state index in [0.29, 0.717) is 11.1 Å². The van der Waals surface area contributed by atoms with Crippen LogP contribution in [0, 0.1) is 17.2 Å². The number of nitrogens with one attached hydrogen (secondary N) is 1. The second kappa shape index (κ2) is 6.95. The van der Waals surface area contributed by atoms with E-state index in [1.807, 2.05) is 24.3 Å². The van der Waals surface area contributed by atoms with E-state index in [2.05, 4.69) is 37.5 Å². The number of rotatable bonds is 6. The van der Waals surface area contributed by atoms with Gasteiger partial charge in [-0.3, -0.25) is 4.79 Å². The van der Waals surface area contributed by atoms with Gasteiger partial charge in [-0.25, -0.2) is 0 Å². The molecular weight excluding hydrogens is 392 g/mol. The van der Waals surface area contributed by atoms with Crippen LogP contribution >= 0.6 is 27.7 Å². The third-order valence-electron chi connectivity index (χ3n) is 3.86. The minimum absolute atomic E-state index is 0.127. The quantitative estimate of drug-likeness (QED) is 0.738. The molecule has 24 heavy (non-hydrogen) atoms. The maximum atomic E-state index is 12.1. The van der Waals surface area contributed by atoms with Crippen molar-refractivity contribution in [3.63, 3.8) is 0 Å². The SMILES string of the molecule is C[C@](C#N)(NC(=O)CSc1nnc(-c2ccccc2Br)o1)C1CC1. The Morgan fingerprint density at radius 3 is 2.92 bits per heavy atom. The second-order valence-electron chi connectivity index (χ2n) is 5.78. The van der Waals surface area contributed by atoms with Gasteiger partial charge in [-0.2, -0.15) is 5.26 Å². The van der Waals surface area contributed by atoms with Gasteiger partial charge < -0.3 is 9.73 Å². The summed E-state index contributed by atoms with van der Waals surface area (Å²) in [6.07, 6.45) is 1.97. The van der Waals surface area contributed by atoms with Crippen LogP contribution in [0.3, 0.4) is 0 Å². The molecule has 1 aliphatic rings. The lowest BCUT2D eigenvalue weighted by molar-refractivity contribution is -0.119. The first-order valence-electron chi connectivity index (χ1n) is 7.45. The summed E-state index contributed by atoms with van der Waals surface area (Å²) in [5.74, 6) is 0.561. The van der Waals surface area contributed by atoms with Gasteiger partial charge in [-0.05, 0) is 53.7 Å². The summed E-state index contributed by atoms with van der Waals surface area (Å²) in [6, 6.07) is 9.74. The Morgan fingerprint density at radius 2 is 2.25 bits per heavy atom. The average Bonchev–Trinajstić information content (AvgIpc) is 3.33. The molecule has 1 fully saturated rings. The molecule has 0 spiro atoms. The Morgan fingerprint density at radius 1 is 1.50 bits per heavy atom. The van der Waals surface area contributed by atoms with Crippen LogP contribution in [0.15, 0.2) is 38.4 Å². The summed E-state index contributed by atoms with van der Waals surface area (Å²) < 4.78 is 6.44. The van der Waals surface area contributed by atoms with Gasteiger partial charge in [0.1, 0.15) is 5.54 Å². The third-order valence-corrected chi connectivity index (χ3v) is 5.37. The molecule has 0 unspecified atom stereocenters. The van der Waals surface area contributed by atoms with Gasteiger partial charge in [0.15, 0.2) is 0 Å². The molecule has 2 aromatic rings.